The Balaban J connectivity index is 1.64. The number of hydrogen-bond donors (Lipinski definition) is 1. The van der Waals surface area contributed by atoms with Crippen LogP contribution in [0.5, 0.6) is 0 Å². The van der Waals surface area contributed by atoms with Gasteiger partial charge in [-0.25, -0.2) is 0 Å². The maximum absolute atomic E-state index is 13.5. The third-order valence-corrected chi connectivity index (χ3v) is 7.28. The summed E-state index contributed by atoms with van der Waals surface area (Å²) in [6, 6.07) is 24.7. The Morgan fingerprint density at radius 2 is 1.61 bits per heavy atom. The molecule has 1 saturated heterocycles. The summed E-state index contributed by atoms with van der Waals surface area (Å²) < 4.78 is 40.5. The number of aryl methyl sites for hydroxylation is 1. The molecule has 5 aromatic rings. The molecule has 0 atom stereocenters. The summed E-state index contributed by atoms with van der Waals surface area (Å²) in [5.41, 5.74) is 7.72. The third-order valence-electron chi connectivity index (χ3n) is 7.28. The molecule has 0 unspecified atom stereocenters. The van der Waals surface area contributed by atoms with Crippen LogP contribution in [0.25, 0.3) is 32.9 Å². The average molecular weight is 485 g/mol. The molecule has 1 aliphatic heterocycles. The summed E-state index contributed by atoms with van der Waals surface area (Å²) in [5.74, 6) is 0. The highest BCUT2D eigenvalue weighted by atomic mass is 19.4. The molecule has 6 rings (SSSR count). The van der Waals surface area contributed by atoms with Crippen molar-refractivity contribution in [2.45, 2.75) is 32.4 Å². The first-order valence-electron chi connectivity index (χ1n) is 12.4. The average Bonchev–Trinajstić information content (AvgIpc) is 3.53. The van der Waals surface area contributed by atoms with Gasteiger partial charge in [-0.2, -0.15) is 13.2 Å². The Morgan fingerprint density at radius 1 is 0.861 bits per heavy atom. The zero-order valence-electron chi connectivity index (χ0n) is 20.1. The van der Waals surface area contributed by atoms with Gasteiger partial charge in [0.25, 0.3) is 0 Å². The summed E-state index contributed by atoms with van der Waals surface area (Å²) in [6.45, 7) is 4.03. The monoisotopic (exact) mass is 484 g/mol. The number of rotatable bonds is 4. The molecule has 2 nitrogen and oxygen atoms in total. The van der Waals surface area contributed by atoms with Gasteiger partial charge in [-0.05, 0) is 66.6 Å². The lowest BCUT2D eigenvalue weighted by molar-refractivity contribution is -0.137. The van der Waals surface area contributed by atoms with Gasteiger partial charge in [-0.3, -0.25) is 0 Å². The van der Waals surface area contributed by atoms with Crippen molar-refractivity contribution < 1.29 is 13.2 Å². The van der Waals surface area contributed by atoms with E-state index >= 15 is 0 Å². The summed E-state index contributed by atoms with van der Waals surface area (Å²) in [5, 5.41) is 2.27. The Bertz CT molecular complexity index is 1560. The van der Waals surface area contributed by atoms with E-state index in [-0.39, 0.29) is 0 Å². The molecule has 0 radical (unpaired) electrons. The van der Waals surface area contributed by atoms with Crippen molar-refractivity contribution in [3.8, 4) is 11.1 Å². The highest BCUT2D eigenvalue weighted by Gasteiger charge is 2.30. The van der Waals surface area contributed by atoms with Gasteiger partial charge >= 0.3 is 6.18 Å². The largest absolute Gasteiger partial charge is 0.416 e. The number of benzene rings is 4. The number of anilines is 1. The quantitative estimate of drug-likeness (QED) is 0.271. The van der Waals surface area contributed by atoms with E-state index < -0.39 is 11.7 Å². The summed E-state index contributed by atoms with van der Waals surface area (Å²) in [4.78, 5) is 6.08. The molecular formula is C31H27F3N2. The van der Waals surface area contributed by atoms with E-state index in [0.717, 1.165) is 76.2 Å². The fourth-order valence-corrected chi connectivity index (χ4v) is 5.54. The molecule has 182 valence electrons. The fourth-order valence-electron chi connectivity index (χ4n) is 5.54. The number of aromatic amines is 1. The number of hydrogen-bond acceptors (Lipinski definition) is 1. The van der Waals surface area contributed by atoms with Crippen LogP contribution in [0, 0.1) is 6.92 Å². The molecule has 36 heavy (non-hydrogen) atoms. The SMILES string of the molecule is Cc1ccc(-c2c(Cc3cccc(C(F)(F)F)c3)cc(N3CCCC3)c3[nH]c4ccccc4c23)cc1. The van der Waals surface area contributed by atoms with Crippen LogP contribution >= 0.6 is 0 Å². The zero-order valence-corrected chi connectivity index (χ0v) is 20.1. The minimum absolute atomic E-state index is 0.420. The van der Waals surface area contributed by atoms with Crippen molar-refractivity contribution in [2.24, 2.45) is 0 Å². The molecule has 4 aromatic carbocycles. The molecule has 0 spiro atoms. The highest BCUT2D eigenvalue weighted by Crippen LogP contribution is 2.43. The zero-order chi connectivity index (χ0) is 24.9. The topological polar surface area (TPSA) is 19.0 Å². The van der Waals surface area contributed by atoms with Crippen molar-refractivity contribution in [1.82, 2.24) is 4.98 Å². The second kappa shape index (κ2) is 8.74. The van der Waals surface area contributed by atoms with Crippen LogP contribution < -0.4 is 4.90 Å². The van der Waals surface area contributed by atoms with Crippen molar-refractivity contribution in [1.29, 1.82) is 0 Å². The minimum Gasteiger partial charge on any atom is -0.370 e. The molecule has 1 fully saturated rings. The molecule has 2 heterocycles. The second-order valence-electron chi connectivity index (χ2n) is 9.79. The van der Waals surface area contributed by atoms with Gasteiger partial charge in [0.05, 0.1) is 16.8 Å². The number of H-pyrrole nitrogens is 1. The third kappa shape index (κ3) is 4.02. The van der Waals surface area contributed by atoms with Crippen LogP contribution in [0.3, 0.4) is 0 Å². The predicted molar refractivity (Wildman–Crippen MR) is 142 cm³/mol. The number of para-hydroxylation sites is 1. The van der Waals surface area contributed by atoms with E-state index in [1.54, 1.807) is 6.07 Å². The fraction of sp³-hybridized carbons (Fsp3) is 0.226. The smallest absolute Gasteiger partial charge is 0.370 e. The van der Waals surface area contributed by atoms with Crippen LogP contribution in [-0.2, 0) is 12.6 Å². The van der Waals surface area contributed by atoms with Crippen LogP contribution in [0.2, 0.25) is 0 Å². The number of nitrogens with one attached hydrogen (secondary N) is 1. The van der Waals surface area contributed by atoms with Crippen LogP contribution in [0.1, 0.15) is 35.1 Å². The molecule has 0 saturated carbocycles. The highest BCUT2D eigenvalue weighted by molar-refractivity contribution is 6.18. The first kappa shape index (κ1) is 22.7. The van der Waals surface area contributed by atoms with Gasteiger partial charge in [0, 0.05) is 29.4 Å². The Kier molecular flexibility index (Phi) is 5.51. The molecule has 0 aliphatic carbocycles. The lowest BCUT2D eigenvalue weighted by Gasteiger charge is -2.23. The van der Waals surface area contributed by atoms with Gasteiger partial charge in [0.2, 0.25) is 0 Å². The van der Waals surface area contributed by atoms with Gasteiger partial charge in [-0.1, -0.05) is 66.2 Å². The molecule has 1 aliphatic rings. The first-order chi connectivity index (χ1) is 17.4. The van der Waals surface area contributed by atoms with E-state index in [1.165, 1.54) is 17.7 Å². The van der Waals surface area contributed by atoms with Crippen molar-refractivity contribution in [2.75, 3.05) is 18.0 Å². The van der Waals surface area contributed by atoms with Crippen molar-refractivity contribution in [3.63, 3.8) is 0 Å². The predicted octanol–water partition coefficient (Wildman–Crippen LogP) is 8.51. The van der Waals surface area contributed by atoms with Crippen LogP contribution in [-0.4, -0.2) is 18.1 Å². The maximum Gasteiger partial charge on any atom is 0.416 e. The minimum atomic E-state index is -4.36. The van der Waals surface area contributed by atoms with E-state index in [4.69, 9.17) is 0 Å². The molecule has 1 N–H and O–H groups in total. The molecular weight excluding hydrogens is 457 g/mol. The van der Waals surface area contributed by atoms with Gasteiger partial charge in [0.15, 0.2) is 0 Å². The summed E-state index contributed by atoms with van der Waals surface area (Å²) in [7, 11) is 0. The van der Waals surface area contributed by atoms with Crippen LogP contribution in [0.4, 0.5) is 18.9 Å². The first-order valence-corrected chi connectivity index (χ1v) is 12.4. The number of halogens is 3. The second-order valence-corrected chi connectivity index (χ2v) is 9.79. The number of aromatic nitrogens is 1. The summed E-state index contributed by atoms with van der Waals surface area (Å²) in [6.07, 6.45) is -1.66. The molecule has 0 amide bonds. The van der Waals surface area contributed by atoms with Crippen molar-refractivity contribution >= 4 is 27.5 Å². The van der Waals surface area contributed by atoms with Gasteiger partial charge < -0.3 is 9.88 Å². The standard InChI is InChI=1S/C31H27F3N2/c1-20-11-13-22(14-12-20)28-23(17-21-7-6-8-24(18-21)31(32,33)34)19-27(36-15-4-5-16-36)30-29(28)25-9-2-3-10-26(25)35-30/h2-3,6-14,18-19,35H,4-5,15-17H2,1H3. The number of nitrogens with zero attached hydrogens (tertiary/aromatic N) is 1. The lowest BCUT2D eigenvalue weighted by atomic mass is 9.89. The number of alkyl halides is 3. The van der Waals surface area contributed by atoms with E-state index in [1.807, 2.05) is 12.1 Å². The summed E-state index contributed by atoms with van der Waals surface area (Å²) >= 11 is 0. The maximum atomic E-state index is 13.5. The van der Waals surface area contributed by atoms with E-state index in [0.29, 0.717) is 12.0 Å². The Hall–Kier alpha value is -3.73. The van der Waals surface area contributed by atoms with Gasteiger partial charge in [0.1, 0.15) is 0 Å². The van der Waals surface area contributed by atoms with E-state index in [9.17, 15) is 13.2 Å². The van der Waals surface area contributed by atoms with Crippen molar-refractivity contribution in [3.05, 3.63) is 101 Å². The lowest BCUT2D eigenvalue weighted by Crippen LogP contribution is -2.18. The molecule has 5 heteroatoms. The Labute approximate surface area is 208 Å². The van der Waals surface area contributed by atoms with Crippen LogP contribution in [0.15, 0.2) is 78.9 Å². The Morgan fingerprint density at radius 3 is 2.36 bits per heavy atom. The molecule has 0 bridgehead atoms. The molecule has 1 aromatic heterocycles. The van der Waals surface area contributed by atoms with E-state index in [2.05, 4.69) is 59.3 Å². The number of fused-ring (bicyclic) bond motifs is 3. The normalized spacial score (nSPS) is 14.3. The van der Waals surface area contributed by atoms with Gasteiger partial charge in [-0.15, -0.1) is 0 Å².